The van der Waals surface area contributed by atoms with Gasteiger partial charge >= 0.3 is 7.60 Å². The molecule has 10 heteroatoms. The second-order valence-electron chi connectivity index (χ2n) is 3.61. The summed E-state index contributed by atoms with van der Waals surface area (Å²) in [7, 11) is -4.14. The van der Waals surface area contributed by atoms with Gasteiger partial charge in [-0.25, -0.2) is 9.97 Å². The van der Waals surface area contributed by atoms with Crippen LogP contribution in [0.25, 0.3) is 17.4 Å². The molecule has 102 valence electrons. The van der Waals surface area contributed by atoms with Crippen molar-refractivity contribution in [2.75, 3.05) is 13.0 Å². The summed E-state index contributed by atoms with van der Waals surface area (Å²) in [6, 6.07) is 0. The molecule has 0 bridgehead atoms. The second kappa shape index (κ2) is 5.45. The maximum atomic E-state index is 11.4. The van der Waals surface area contributed by atoms with Gasteiger partial charge in [0.2, 0.25) is 0 Å². The van der Waals surface area contributed by atoms with Crippen LogP contribution in [0.15, 0.2) is 23.5 Å². The first-order chi connectivity index (χ1) is 8.97. The van der Waals surface area contributed by atoms with Crippen LogP contribution in [0.5, 0.6) is 0 Å². The topological polar surface area (TPSA) is 130 Å². The monoisotopic (exact) mass is 286 g/mol. The molecular weight excluding hydrogens is 275 g/mol. The molecule has 0 atom stereocenters. The highest BCUT2D eigenvalue weighted by molar-refractivity contribution is 7.51. The number of aromatic amines is 1. The lowest BCUT2D eigenvalue weighted by molar-refractivity contribution is 0.185. The van der Waals surface area contributed by atoms with Gasteiger partial charge < -0.3 is 19.5 Å². The Morgan fingerprint density at radius 3 is 3.00 bits per heavy atom. The fourth-order valence-electron chi connectivity index (χ4n) is 1.37. The standard InChI is InChI=1S/C9H11N4O5P/c14-9-7-8(10-4-11-9)13(5-12-7)2-1-3-18-6-19(15,16)17/h1-2,4-5H,3,6H2,(H,10,11,14)(H2,15,16,17)/b2-1-. The predicted molar refractivity (Wildman–Crippen MR) is 66.3 cm³/mol. The van der Waals surface area contributed by atoms with Crippen LogP contribution < -0.4 is 5.56 Å². The van der Waals surface area contributed by atoms with Gasteiger partial charge in [0.05, 0.1) is 12.9 Å². The number of nitrogens with zero attached hydrogens (tertiary/aromatic N) is 3. The van der Waals surface area contributed by atoms with E-state index < -0.39 is 13.9 Å². The highest BCUT2D eigenvalue weighted by Gasteiger charge is 2.11. The Labute approximate surface area is 106 Å². The average Bonchev–Trinajstić information content (AvgIpc) is 2.72. The molecule has 9 nitrogen and oxygen atoms in total. The van der Waals surface area contributed by atoms with Gasteiger partial charge in [0, 0.05) is 6.20 Å². The first-order valence-electron chi connectivity index (χ1n) is 5.16. The third-order valence-corrected chi connectivity index (χ3v) is 2.62. The number of H-pyrrole nitrogens is 1. The number of ether oxygens (including phenoxy) is 1. The van der Waals surface area contributed by atoms with E-state index in [9.17, 15) is 9.36 Å². The van der Waals surface area contributed by atoms with Crippen LogP contribution in [0.2, 0.25) is 0 Å². The van der Waals surface area contributed by atoms with Gasteiger partial charge in [0.1, 0.15) is 12.7 Å². The molecule has 3 N–H and O–H groups in total. The van der Waals surface area contributed by atoms with Crippen molar-refractivity contribution in [3.8, 4) is 0 Å². The van der Waals surface area contributed by atoms with Gasteiger partial charge in [-0.3, -0.25) is 13.9 Å². The Morgan fingerprint density at radius 1 is 1.47 bits per heavy atom. The Kier molecular flexibility index (Phi) is 3.91. The largest absolute Gasteiger partial charge is 0.365 e. The fraction of sp³-hybridized carbons (Fsp3) is 0.222. The first kappa shape index (κ1) is 13.6. The molecule has 19 heavy (non-hydrogen) atoms. The van der Waals surface area contributed by atoms with Gasteiger partial charge in [-0.2, -0.15) is 0 Å². The summed E-state index contributed by atoms with van der Waals surface area (Å²) in [5, 5.41) is 0. The molecule has 0 aliphatic carbocycles. The molecule has 2 heterocycles. The molecule has 0 fully saturated rings. The Balaban J connectivity index is 2.04. The zero-order valence-electron chi connectivity index (χ0n) is 9.63. The lowest BCUT2D eigenvalue weighted by Gasteiger charge is -2.02. The first-order valence-corrected chi connectivity index (χ1v) is 6.96. The van der Waals surface area contributed by atoms with Crippen LogP contribution in [0.3, 0.4) is 0 Å². The predicted octanol–water partition coefficient (Wildman–Crippen LogP) is -0.258. The molecular formula is C9H11N4O5P. The minimum Gasteiger partial charge on any atom is -0.365 e. The Morgan fingerprint density at radius 2 is 2.26 bits per heavy atom. The van der Waals surface area contributed by atoms with Crippen LogP contribution >= 0.6 is 7.60 Å². The third kappa shape index (κ3) is 3.58. The number of nitrogens with one attached hydrogen (secondary N) is 1. The summed E-state index contributed by atoms with van der Waals surface area (Å²) >= 11 is 0. The molecule has 0 radical (unpaired) electrons. The summed E-state index contributed by atoms with van der Waals surface area (Å²) in [6.07, 6.45) is 5.11. The average molecular weight is 286 g/mol. The third-order valence-electron chi connectivity index (χ3n) is 2.10. The van der Waals surface area contributed by atoms with Crippen molar-refractivity contribution in [2.45, 2.75) is 0 Å². The lowest BCUT2D eigenvalue weighted by atomic mass is 10.5. The van der Waals surface area contributed by atoms with E-state index in [1.165, 1.54) is 23.3 Å². The van der Waals surface area contributed by atoms with Gasteiger partial charge in [-0.1, -0.05) is 0 Å². The molecule has 0 aliphatic rings. The number of imidazole rings is 1. The molecule has 0 aliphatic heterocycles. The van der Waals surface area contributed by atoms with Crippen LogP contribution in [0.4, 0.5) is 0 Å². The summed E-state index contributed by atoms with van der Waals surface area (Å²) < 4.78 is 16.8. The molecule has 2 rings (SSSR count). The van der Waals surface area contributed by atoms with E-state index in [0.29, 0.717) is 5.65 Å². The smallest absolute Gasteiger partial charge is 0.350 e. The Bertz CT molecular complexity index is 700. The van der Waals surface area contributed by atoms with Gasteiger partial charge in [0.15, 0.2) is 11.2 Å². The van der Waals surface area contributed by atoms with E-state index in [0.717, 1.165) is 0 Å². The van der Waals surface area contributed by atoms with Crippen molar-refractivity contribution < 1.29 is 19.1 Å². The molecule has 2 aromatic rings. The van der Waals surface area contributed by atoms with E-state index in [1.807, 2.05) is 0 Å². The van der Waals surface area contributed by atoms with Crippen molar-refractivity contribution in [2.24, 2.45) is 0 Å². The van der Waals surface area contributed by atoms with Crippen LogP contribution in [0.1, 0.15) is 0 Å². The minimum absolute atomic E-state index is 0.0218. The molecule has 0 unspecified atom stereocenters. The summed E-state index contributed by atoms with van der Waals surface area (Å²) in [5.74, 6) is 0. The maximum Gasteiger partial charge on any atom is 0.350 e. The maximum absolute atomic E-state index is 11.4. The number of fused-ring (bicyclic) bond motifs is 1. The minimum atomic E-state index is -4.14. The molecule has 0 aromatic carbocycles. The van der Waals surface area contributed by atoms with Crippen molar-refractivity contribution in [1.82, 2.24) is 19.5 Å². The molecule has 0 saturated heterocycles. The lowest BCUT2D eigenvalue weighted by Crippen LogP contribution is -2.06. The van der Waals surface area contributed by atoms with Crippen molar-refractivity contribution >= 4 is 25.0 Å². The summed E-state index contributed by atoms with van der Waals surface area (Å²) in [4.78, 5) is 38.8. The fourth-order valence-corrected chi connectivity index (χ4v) is 1.71. The molecule has 0 amide bonds. The summed E-state index contributed by atoms with van der Waals surface area (Å²) in [6.45, 7) is 0.0218. The zero-order valence-corrected chi connectivity index (χ0v) is 10.5. The number of hydrogen-bond donors (Lipinski definition) is 3. The van der Waals surface area contributed by atoms with E-state index in [-0.39, 0.29) is 17.7 Å². The van der Waals surface area contributed by atoms with E-state index in [4.69, 9.17) is 14.5 Å². The molecule has 0 spiro atoms. The van der Waals surface area contributed by atoms with Gasteiger partial charge in [-0.15, -0.1) is 0 Å². The van der Waals surface area contributed by atoms with E-state index >= 15 is 0 Å². The SMILES string of the molecule is O=c1[nH]cnc2c1ncn2/C=C\COCP(=O)(O)O. The van der Waals surface area contributed by atoms with Crippen molar-refractivity contribution in [3.05, 3.63) is 29.1 Å². The van der Waals surface area contributed by atoms with Crippen LogP contribution in [0, 0.1) is 0 Å². The van der Waals surface area contributed by atoms with Gasteiger partial charge in [-0.05, 0) is 6.08 Å². The quantitative estimate of drug-likeness (QED) is 0.510. The van der Waals surface area contributed by atoms with Gasteiger partial charge in [0.25, 0.3) is 5.56 Å². The Hall–Kier alpha value is -1.80. The molecule has 0 saturated carbocycles. The van der Waals surface area contributed by atoms with Crippen LogP contribution in [-0.4, -0.2) is 42.3 Å². The molecule has 2 aromatic heterocycles. The van der Waals surface area contributed by atoms with E-state index in [1.54, 1.807) is 6.20 Å². The van der Waals surface area contributed by atoms with Crippen molar-refractivity contribution in [3.63, 3.8) is 0 Å². The number of hydrogen-bond acceptors (Lipinski definition) is 5. The number of rotatable bonds is 5. The van der Waals surface area contributed by atoms with Crippen molar-refractivity contribution in [1.29, 1.82) is 0 Å². The van der Waals surface area contributed by atoms with E-state index in [2.05, 4.69) is 15.0 Å². The zero-order chi connectivity index (χ0) is 13.9. The number of aromatic nitrogens is 4. The highest BCUT2D eigenvalue weighted by Crippen LogP contribution is 2.33. The summed E-state index contributed by atoms with van der Waals surface area (Å²) in [5.41, 5.74) is 0.258. The highest BCUT2D eigenvalue weighted by atomic mass is 31.2. The second-order valence-corrected chi connectivity index (χ2v) is 5.19. The van der Waals surface area contributed by atoms with Crippen LogP contribution in [-0.2, 0) is 9.30 Å². The normalized spacial score (nSPS) is 12.5.